The molecule has 0 aliphatic carbocycles. The van der Waals surface area contributed by atoms with Gasteiger partial charge in [-0.1, -0.05) is 49.2 Å². The normalized spacial score (nSPS) is 11.9. The van der Waals surface area contributed by atoms with Gasteiger partial charge in [0.1, 0.15) is 0 Å². The highest BCUT2D eigenvalue weighted by atomic mass is 35.5. The molecule has 0 heterocycles. The monoisotopic (exact) mass is 265 g/mol. The van der Waals surface area contributed by atoms with Crippen molar-refractivity contribution in [2.24, 2.45) is 0 Å². The third kappa shape index (κ3) is 4.53. The Balaban J connectivity index is 2.78. The van der Waals surface area contributed by atoms with Gasteiger partial charge in [-0.25, -0.2) is 0 Å². The van der Waals surface area contributed by atoms with E-state index in [1.807, 2.05) is 31.2 Å². The zero-order valence-electron chi connectivity index (χ0n) is 11.0. The van der Waals surface area contributed by atoms with Gasteiger partial charge in [0.05, 0.1) is 5.92 Å². The van der Waals surface area contributed by atoms with Crippen LogP contribution in [0.5, 0.6) is 0 Å². The van der Waals surface area contributed by atoms with Crippen molar-refractivity contribution in [2.75, 3.05) is 6.54 Å². The van der Waals surface area contributed by atoms with Crippen molar-refractivity contribution in [3.05, 3.63) is 47.0 Å². The van der Waals surface area contributed by atoms with Crippen LogP contribution in [-0.4, -0.2) is 12.5 Å². The average Bonchev–Trinajstić information content (AvgIpc) is 2.34. The van der Waals surface area contributed by atoms with E-state index in [1.165, 1.54) is 0 Å². The van der Waals surface area contributed by atoms with E-state index < -0.39 is 0 Å². The molecule has 0 radical (unpaired) electrons. The van der Waals surface area contributed by atoms with Crippen LogP contribution in [0.2, 0.25) is 5.02 Å². The summed E-state index contributed by atoms with van der Waals surface area (Å²) in [5.41, 5.74) is 1.97. The second-order valence-electron chi connectivity index (χ2n) is 4.57. The Kier molecular flexibility index (Phi) is 5.93. The van der Waals surface area contributed by atoms with E-state index in [1.54, 1.807) is 0 Å². The molecule has 1 aromatic carbocycles. The van der Waals surface area contributed by atoms with Gasteiger partial charge in [-0.05, 0) is 31.0 Å². The molecule has 0 saturated carbocycles. The molecule has 1 N–H and O–H groups in total. The van der Waals surface area contributed by atoms with Crippen molar-refractivity contribution in [2.45, 2.75) is 32.6 Å². The van der Waals surface area contributed by atoms with Gasteiger partial charge in [0, 0.05) is 11.6 Å². The van der Waals surface area contributed by atoms with Crippen LogP contribution in [0.3, 0.4) is 0 Å². The first-order valence-corrected chi connectivity index (χ1v) is 6.60. The standard InChI is InChI=1S/C15H20ClNO/c1-4-5-14(15(18)17-10-11(2)3)12-6-8-13(16)9-7-12/h6-9,14H,2,4-5,10H2,1,3H3,(H,17,18). The lowest BCUT2D eigenvalue weighted by Gasteiger charge is -2.16. The quantitative estimate of drug-likeness (QED) is 0.776. The van der Waals surface area contributed by atoms with E-state index in [9.17, 15) is 4.79 Å². The highest BCUT2D eigenvalue weighted by Crippen LogP contribution is 2.23. The second kappa shape index (κ2) is 7.22. The minimum Gasteiger partial charge on any atom is -0.352 e. The predicted molar refractivity (Wildman–Crippen MR) is 76.9 cm³/mol. The summed E-state index contributed by atoms with van der Waals surface area (Å²) in [6.07, 6.45) is 1.80. The summed E-state index contributed by atoms with van der Waals surface area (Å²) in [5.74, 6) is -0.0474. The fourth-order valence-electron chi connectivity index (χ4n) is 1.79. The van der Waals surface area contributed by atoms with Crippen LogP contribution in [0.4, 0.5) is 0 Å². The maximum absolute atomic E-state index is 12.1. The molecule has 98 valence electrons. The van der Waals surface area contributed by atoms with Gasteiger partial charge >= 0.3 is 0 Å². The van der Waals surface area contributed by atoms with Crippen molar-refractivity contribution in [1.29, 1.82) is 0 Å². The molecule has 18 heavy (non-hydrogen) atoms. The summed E-state index contributed by atoms with van der Waals surface area (Å²) in [4.78, 5) is 12.1. The van der Waals surface area contributed by atoms with E-state index >= 15 is 0 Å². The largest absolute Gasteiger partial charge is 0.352 e. The molecule has 1 amide bonds. The lowest BCUT2D eigenvalue weighted by atomic mass is 9.93. The molecule has 0 aliphatic heterocycles. The topological polar surface area (TPSA) is 29.1 Å². The molecule has 0 saturated heterocycles. The lowest BCUT2D eigenvalue weighted by molar-refractivity contribution is -0.122. The molecular weight excluding hydrogens is 246 g/mol. The molecule has 1 rings (SSSR count). The van der Waals surface area contributed by atoms with Crippen LogP contribution in [0.1, 0.15) is 38.2 Å². The second-order valence-corrected chi connectivity index (χ2v) is 5.00. The van der Waals surface area contributed by atoms with Crippen LogP contribution in [0.25, 0.3) is 0 Å². The van der Waals surface area contributed by atoms with Gasteiger partial charge in [0.2, 0.25) is 5.91 Å². The molecule has 0 spiro atoms. The Bertz CT molecular complexity index is 411. The molecule has 2 nitrogen and oxygen atoms in total. The fourth-order valence-corrected chi connectivity index (χ4v) is 1.92. The van der Waals surface area contributed by atoms with Crippen LogP contribution in [0, 0.1) is 0 Å². The third-order valence-electron chi connectivity index (χ3n) is 2.73. The summed E-state index contributed by atoms with van der Waals surface area (Å²) >= 11 is 5.86. The van der Waals surface area contributed by atoms with Crippen LogP contribution < -0.4 is 5.32 Å². The van der Waals surface area contributed by atoms with Gasteiger partial charge in [0.15, 0.2) is 0 Å². The number of carbonyl (C=O) groups is 1. The van der Waals surface area contributed by atoms with Gasteiger partial charge in [-0.2, -0.15) is 0 Å². The number of amides is 1. The highest BCUT2D eigenvalue weighted by Gasteiger charge is 2.19. The van der Waals surface area contributed by atoms with E-state index in [4.69, 9.17) is 11.6 Å². The molecule has 1 aromatic rings. The maximum atomic E-state index is 12.1. The molecule has 0 fully saturated rings. The summed E-state index contributed by atoms with van der Waals surface area (Å²) in [6, 6.07) is 7.49. The minimum atomic E-state index is -0.105. The van der Waals surface area contributed by atoms with E-state index in [2.05, 4.69) is 18.8 Å². The number of nitrogens with one attached hydrogen (secondary N) is 1. The number of halogens is 1. The van der Waals surface area contributed by atoms with Crippen molar-refractivity contribution in [1.82, 2.24) is 5.32 Å². The summed E-state index contributed by atoms with van der Waals surface area (Å²) < 4.78 is 0. The van der Waals surface area contributed by atoms with Crippen molar-refractivity contribution < 1.29 is 4.79 Å². The van der Waals surface area contributed by atoms with Crippen molar-refractivity contribution >= 4 is 17.5 Å². The van der Waals surface area contributed by atoms with Crippen LogP contribution in [0.15, 0.2) is 36.4 Å². The lowest BCUT2D eigenvalue weighted by Crippen LogP contribution is -2.30. The Morgan fingerprint density at radius 1 is 1.39 bits per heavy atom. The van der Waals surface area contributed by atoms with Crippen molar-refractivity contribution in [3.63, 3.8) is 0 Å². The SMILES string of the molecule is C=C(C)CNC(=O)C(CCC)c1ccc(Cl)cc1. The third-order valence-corrected chi connectivity index (χ3v) is 2.98. The molecule has 0 aromatic heterocycles. The van der Waals surface area contributed by atoms with Crippen LogP contribution in [-0.2, 0) is 4.79 Å². The molecule has 1 atom stereocenters. The average molecular weight is 266 g/mol. The number of benzene rings is 1. The highest BCUT2D eigenvalue weighted by molar-refractivity contribution is 6.30. The minimum absolute atomic E-state index is 0.0576. The van der Waals surface area contributed by atoms with Crippen LogP contribution >= 0.6 is 11.6 Å². The van der Waals surface area contributed by atoms with Gasteiger partial charge in [-0.15, -0.1) is 0 Å². The van der Waals surface area contributed by atoms with E-state index in [0.29, 0.717) is 11.6 Å². The molecule has 0 bridgehead atoms. The van der Waals surface area contributed by atoms with Crippen molar-refractivity contribution in [3.8, 4) is 0 Å². The van der Waals surface area contributed by atoms with E-state index in [-0.39, 0.29) is 11.8 Å². The summed E-state index contributed by atoms with van der Waals surface area (Å²) in [7, 11) is 0. The Hall–Kier alpha value is -1.28. The summed E-state index contributed by atoms with van der Waals surface area (Å²) in [5, 5.41) is 3.60. The first-order valence-electron chi connectivity index (χ1n) is 6.22. The van der Waals surface area contributed by atoms with Gasteiger partial charge in [-0.3, -0.25) is 4.79 Å². The van der Waals surface area contributed by atoms with Gasteiger partial charge in [0.25, 0.3) is 0 Å². The maximum Gasteiger partial charge on any atom is 0.227 e. The zero-order chi connectivity index (χ0) is 13.5. The Morgan fingerprint density at radius 3 is 2.50 bits per heavy atom. The number of hydrogen-bond donors (Lipinski definition) is 1. The zero-order valence-corrected chi connectivity index (χ0v) is 11.8. The fraction of sp³-hybridized carbons (Fsp3) is 0.400. The first kappa shape index (κ1) is 14.8. The Morgan fingerprint density at radius 2 is 2.00 bits per heavy atom. The number of rotatable bonds is 6. The van der Waals surface area contributed by atoms with E-state index in [0.717, 1.165) is 24.0 Å². The summed E-state index contributed by atoms with van der Waals surface area (Å²) in [6.45, 7) is 8.30. The smallest absolute Gasteiger partial charge is 0.227 e. The molecule has 3 heteroatoms. The number of carbonyl (C=O) groups excluding carboxylic acids is 1. The molecule has 0 aliphatic rings. The first-order chi connectivity index (χ1) is 8.54. The molecule has 1 unspecified atom stereocenters. The van der Waals surface area contributed by atoms with Gasteiger partial charge < -0.3 is 5.32 Å². The Labute approximate surface area is 114 Å². The predicted octanol–water partition coefficient (Wildman–Crippen LogP) is 3.92. The molecular formula is C15H20ClNO. The number of hydrogen-bond acceptors (Lipinski definition) is 1.